The quantitative estimate of drug-likeness (QED) is 0.537. The number of carboxylic acid groups (broad SMARTS) is 1. The Morgan fingerprint density at radius 3 is 2.73 bits per heavy atom. The van der Waals surface area contributed by atoms with Gasteiger partial charge in [0.05, 0.1) is 18.1 Å². The van der Waals surface area contributed by atoms with Crippen molar-refractivity contribution in [2.45, 2.75) is 51.7 Å². The molecule has 0 radical (unpaired) electrons. The second-order valence-corrected chi connectivity index (χ2v) is 6.79. The second-order valence-electron chi connectivity index (χ2n) is 6.79. The molecule has 3 N–H and O–H groups in total. The van der Waals surface area contributed by atoms with Gasteiger partial charge in [-0.15, -0.1) is 11.8 Å². The molecule has 0 aromatic heterocycles. The summed E-state index contributed by atoms with van der Waals surface area (Å²) in [6, 6.07) is 0. The molecule has 2 rings (SSSR count). The van der Waals surface area contributed by atoms with E-state index in [1.807, 2.05) is 13.0 Å². The highest BCUT2D eigenvalue weighted by Crippen LogP contribution is 2.50. The van der Waals surface area contributed by atoms with E-state index >= 15 is 0 Å². The zero-order chi connectivity index (χ0) is 16.3. The van der Waals surface area contributed by atoms with Gasteiger partial charge in [0.1, 0.15) is 0 Å². The Hall–Kier alpha value is -1.31. The maximum atomic E-state index is 11.1. The van der Waals surface area contributed by atoms with Crippen LogP contribution in [0.4, 0.5) is 0 Å². The first-order valence-electron chi connectivity index (χ1n) is 8.10. The summed E-state index contributed by atoms with van der Waals surface area (Å²) in [6.45, 7) is 3.73. The second kappa shape index (κ2) is 7.30. The fraction of sp³-hybridized carbons (Fsp3) is 0.722. The van der Waals surface area contributed by atoms with Gasteiger partial charge in [-0.25, -0.2) is 0 Å². The predicted octanol–water partition coefficient (Wildman–Crippen LogP) is 2.06. The van der Waals surface area contributed by atoms with Crippen LogP contribution in [-0.2, 0) is 4.79 Å². The molecule has 2 aliphatic rings. The van der Waals surface area contributed by atoms with Gasteiger partial charge in [-0.05, 0) is 43.9 Å². The number of aliphatic hydroxyl groups is 2. The minimum absolute atomic E-state index is 0.0338. The molecule has 0 aliphatic heterocycles. The van der Waals surface area contributed by atoms with E-state index in [4.69, 9.17) is 5.11 Å². The van der Waals surface area contributed by atoms with Gasteiger partial charge in [0.25, 0.3) is 0 Å². The topological polar surface area (TPSA) is 77.8 Å². The molecule has 0 heterocycles. The molecule has 7 atom stereocenters. The van der Waals surface area contributed by atoms with Crippen LogP contribution in [0.15, 0.2) is 12.2 Å². The van der Waals surface area contributed by atoms with Gasteiger partial charge < -0.3 is 15.3 Å². The number of aliphatic hydroxyl groups excluding tert-OH is 2. The Kier molecular flexibility index (Phi) is 5.66. The lowest BCUT2D eigenvalue weighted by Crippen LogP contribution is -2.21. The molecule has 0 spiro atoms. The number of hydrogen-bond donors (Lipinski definition) is 3. The molecule has 0 aromatic rings. The average Bonchev–Trinajstić information content (AvgIpc) is 2.99. The van der Waals surface area contributed by atoms with Crippen LogP contribution in [0.2, 0.25) is 0 Å². The SMILES string of the molecule is CC#CCC(C)[C@H](O)/C=C/C1[C@H](O)C[C@@H]2CC(C(=O)O)C[C@H]12. The van der Waals surface area contributed by atoms with Gasteiger partial charge in [0, 0.05) is 12.3 Å². The minimum atomic E-state index is -0.724. The molecule has 22 heavy (non-hydrogen) atoms. The van der Waals surface area contributed by atoms with Crippen molar-refractivity contribution < 1.29 is 20.1 Å². The summed E-state index contributed by atoms with van der Waals surface area (Å²) in [7, 11) is 0. The maximum absolute atomic E-state index is 11.1. The Balaban J connectivity index is 1.97. The van der Waals surface area contributed by atoms with Crippen LogP contribution < -0.4 is 0 Å². The van der Waals surface area contributed by atoms with Crippen molar-refractivity contribution in [1.29, 1.82) is 0 Å². The third-order valence-corrected chi connectivity index (χ3v) is 5.30. The molecule has 122 valence electrons. The third-order valence-electron chi connectivity index (χ3n) is 5.30. The van der Waals surface area contributed by atoms with Crippen molar-refractivity contribution in [3.63, 3.8) is 0 Å². The Morgan fingerprint density at radius 2 is 2.09 bits per heavy atom. The van der Waals surface area contributed by atoms with E-state index < -0.39 is 18.2 Å². The molecule has 0 saturated heterocycles. The number of aliphatic carboxylic acids is 1. The zero-order valence-corrected chi connectivity index (χ0v) is 13.3. The Morgan fingerprint density at radius 1 is 1.36 bits per heavy atom. The summed E-state index contributed by atoms with van der Waals surface area (Å²) in [4.78, 5) is 11.1. The number of rotatable bonds is 5. The van der Waals surface area contributed by atoms with Crippen molar-refractivity contribution in [3.8, 4) is 11.8 Å². The lowest BCUT2D eigenvalue weighted by atomic mass is 9.89. The number of hydrogen-bond acceptors (Lipinski definition) is 3. The fourth-order valence-electron chi connectivity index (χ4n) is 3.94. The van der Waals surface area contributed by atoms with Crippen LogP contribution in [0.1, 0.15) is 39.5 Å². The maximum Gasteiger partial charge on any atom is 0.306 e. The van der Waals surface area contributed by atoms with E-state index in [1.165, 1.54) is 0 Å². The molecule has 0 amide bonds. The average molecular weight is 306 g/mol. The van der Waals surface area contributed by atoms with Crippen LogP contribution in [0.25, 0.3) is 0 Å². The van der Waals surface area contributed by atoms with Gasteiger partial charge in [0.15, 0.2) is 0 Å². The Bertz CT molecular complexity index is 487. The van der Waals surface area contributed by atoms with E-state index in [9.17, 15) is 15.0 Å². The van der Waals surface area contributed by atoms with Crippen molar-refractivity contribution in [2.24, 2.45) is 29.6 Å². The van der Waals surface area contributed by atoms with Gasteiger partial charge in [-0.2, -0.15) is 0 Å². The largest absolute Gasteiger partial charge is 0.481 e. The van der Waals surface area contributed by atoms with Crippen LogP contribution >= 0.6 is 0 Å². The Labute approximate surface area is 132 Å². The minimum Gasteiger partial charge on any atom is -0.481 e. The molecule has 3 unspecified atom stereocenters. The van der Waals surface area contributed by atoms with Crippen LogP contribution in [-0.4, -0.2) is 33.5 Å². The summed E-state index contributed by atoms with van der Waals surface area (Å²) < 4.78 is 0. The van der Waals surface area contributed by atoms with E-state index in [-0.39, 0.29) is 23.7 Å². The highest BCUT2D eigenvalue weighted by Gasteiger charge is 2.48. The smallest absolute Gasteiger partial charge is 0.306 e. The number of carbonyl (C=O) groups is 1. The summed E-state index contributed by atoms with van der Waals surface area (Å²) in [5, 5.41) is 29.5. The van der Waals surface area contributed by atoms with Gasteiger partial charge in [-0.3, -0.25) is 4.79 Å². The molecular formula is C18H26O4. The van der Waals surface area contributed by atoms with Crippen molar-refractivity contribution in [2.75, 3.05) is 0 Å². The molecule has 4 heteroatoms. The molecule has 2 aliphatic carbocycles. The predicted molar refractivity (Wildman–Crippen MR) is 83.8 cm³/mol. The molecule has 0 bridgehead atoms. The summed E-state index contributed by atoms with van der Waals surface area (Å²) >= 11 is 0. The summed E-state index contributed by atoms with van der Waals surface area (Å²) in [5.41, 5.74) is 0. The highest BCUT2D eigenvalue weighted by molar-refractivity contribution is 5.70. The standard InChI is InChI=1S/C18H26O4/c1-3-4-5-11(2)16(19)7-6-14-15-9-13(18(21)22)8-12(15)10-17(14)20/h6-7,11-17,19-20H,5,8-10H2,1-2H3,(H,21,22)/b7-6+/t11?,12-,13?,14?,15-,16+,17+/m0/s1. The first-order valence-corrected chi connectivity index (χ1v) is 8.10. The monoisotopic (exact) mass is 306 g/mol. The van der Waals surface area contributed by atoms with E-state index in [0.29, 0.717) is 31.6 Å². The van der Waals surface area contributed by atoms with Crippen molar-refractivity contribution >= 4 is 5.97 Å². The highest BCUT2D eigenvalue weighted by atomic mass is 16.4. The van der Waals surface area contributed by atoms with Crippen LogP contribution in [0.3, 0.4) is 0 Å². The normalized spacial score (nSPS) is 36.6. The molecular weight excluding hydrogens is 280 g/mol. The van der Waals surface area contributed by atoms with E-state index in [1.54, 1.807) is 13.0 Å². The molecule has 2 fully saturated rings. The van der Waals surface area contributed by atoms with Gasteiger partial charge in [0.2, 0.25) is 0 Å². The van der Waals surface area contributed by atoms with Gasteiger partial charge in [-0.1, -0.05) is 19.1 Å². The van der Waals surface area contributed by atoms with Crippen molar-refractivity contribution in [1.82, 2.24) is 0 Å². The lowest BCUT2D eigenvalue weighted by Gasteiger charge is -2.19. The zero-order valence-electron chi connectivity index (χ0n) is 13.3. The number of fused-ring (bicyclic) bond motifs is 1. The van der Waals surface area contributed by atoms with Crippen LogP contribution in [0.5, 0.6) is 0 Å². The van der Waals surface area contributed by atoms with E-state index in [0.717, 1.165) is 0 Å². The van der Waals surface area contributed by atoms with Gasteiger partial charge >= 0.3 is 5.97 Å². The first kappa shape index (κ1) is 17.1. The van der Waals surface area contributed by atoms with Crippen molar-refractivity contribution in [3.05, 3.63) is 12.2 Å². The fourth-order valence-corrected chi connectivity index (χ4v) is 3.94. The molecule has 4 nitrogen and oxygen atoms in total. The lowest BCUT2D eigenvalue weighted by molar-refractivity contribution is -0.141. The summed E-state index contributed by atoms with van der Waals surface area (Å²) in [6.07, 6.45) is 5.29. The third kappa shape index (κ3) is 3.71. The molecule has 0 aromatic carbocycles. The number of carboxylic acids is 1. The summed E-state index contributed by atoms with van der Waals surface area (Å²) in [5.74, 6) is 5.33. The van der Waals surface area contributed by atoms with Crippen LogP contribution in [0, 0.1) is 41.4 Å². The van der Waals surface area contributed by atoms with E-state index in [2.05, 4.69) is 11.8 Å². The first-order chi connectivity index (χ1) is 10.4. The molecule has 2 saturated carbocycles.